The second kappa shape index (κ2) is 5.12. The molecule has 0 radical (unpaired) electrons. The van der Waals surface area contributed by atoms with E-state index in [2.05, 4.69) is 16.9 Å². The fraction of sp³-hybridized carbons (Fsp3) is 0.333. The van der Waals surface area contributed by atoms with Crippen LogP contribution in [0.25, 0.3) is 0 Å². The SMILES string of the molecule is Cc1nc(CC(N)c2ccncc2Cl)sc1C. The molecule has 0 fully saturated rings. The maximum atomic E-state index is 6.14. The van der Waals surface area contributed by atoms with E-state index in [9.17, 15) is 0 Å². The van der Waals surface area contributed by atoms with Crippen molar-refractivity contribution in [2.24, 2.45) is 5.73 Å². The summed E-state index contributed by atoms with van der Waals surface area (Å²) in [6, 6.07) is 1.73. The Hall–Kier alpha value is -0.970. The van der Waals surface area contributed by atoms with E-state index in [1.54, 1.807) is 23.7 Å². The van der Waals surface area contributed by atoms with Gasteiger partial charge in [0, 0.05) is 29.7 Å². The van der Waals surface area contributed by atoms with Crippen molar-refractivity contribution in [1.29, 1.82) is 0 Å². The van der Waals surface area contributed by atoms with E-state index in [4.69, 9.17) is 17.3 Å². The molecule has 1 atom stereocenters. The summed E-state index contributed by atoms with van der Waals surface area (Å²) in [7, 11) is 0. The van der Waals surface area contributed by atoms with Gasteiger partial charge in [-0.05, 0) is 25.5 Å². The fourth-order valence-electron chi connectivity index (χ4n) is 1.61. The van der Waals surface area contributed by atoms with Gasteiger partial charge in [-0.3, -0.25) is 4.98 Å². The number of pyridine rings is 1. The van der Waals surface area contributed by atoms with Crippen molar-refractivity contribution in [3.05, 3.63) is 44.6 Å². The summed E-state index contributed by atoms with van der Waals surface area (Å²) in [4.78, 5) is 9.68. The number of rotatable bonds is 3. The van der Waals surface area contributed by atoms with Gasteiger partial charge in [0.25, 0.3) is 0 Å². The minimum Gasteiger partial charge on any atom is -0.324 e. The smallest absolute Gasteiger partial charge is 0.0949 e. The summed E-state index contributed by atoms with van der Waals surface area (Å²) in [6.07, 6.45) is 4.04. The van der Waals surface area contributed by atoms with Crippen LogP contribution in [0.4, 0.5) is 0 Å². The van der Waals surface area contributed by atoms with Crippen LogP contribution in [-0.4, -0.2) is 9.97 Å². The molecular formula is C12H14ClN3S. The minimum atomic E-state index is -0.129. The number of thiazole rings is 1. The van der Waals surface area contributed by atoms with Crippen molar-refractivity contribution in [2.75, 3.05) is 0 Å². The average molecular weight is 268 g/mol. The monoisotopic (exact) mass is 267 g/mol. The molecule has 2 aromatic heterocycles. The molecule has 0 spiro atoms. The topological polar surface area (TPSA) is 51.8 Å². The molecule has 0 aliphatic carbocycles. The summed E-state index contributed by atoms with van der Waals surface area (Å²) >= 11 is 7.76. The van der Waals surface area contributed by atoms with Crippen LogP contribution in [-0.2, 0) is 6.42 Å². The van der Waals surface area contributed by atoms with E-state index in [-0.39, 0.29) is 6.04 Å². The van der Waals surface area contributed by atoms with Crippen LogP contribution in [0.2, 0.25) is 5.02 Å². The molecule has 0 aliphatic rings. The van der Waals surface area contributed by atoms with Gasteiger partial charge in [-0.2, -0.15) is 0 Å². The number of aromatic nitrogens is 2. The third-order valence-electron chi connectivity index (χ3n) is 2.67. The molecule has 17 heavy (non-hydrogen) atoms. The number of halogens is 1. The van der Waals surface area contributed by atoms with Gasteiger partial charge < -0.3 is 5.73 Å². The van der Waals surface area contributed by atoms with Gasteiger partial charge in [-0.1, -0.05) is 11.6 Å². The molecule has 1 unspecified atom stereocenters. The first-order chi connectivity index (χ1) is 8.08. The van der Waals surface area contributed by atoms with Crippen molar-refractivity contribution in [2.45, 2.75) is 26.3 Å². The van der Waals surface area contributed by atoms with Crippen LogP contribution in [0, 0.1) is 13.8 Å². The third-order valence-corrected chi connectivity index (χ3v) is 4.08. The first-order valence-corrected chi connectivity index (χ1v) is 6.55. The minimum absolute atomic E-state index is 0.129. The van der Waals surface area contributed by atoms with Gasteiger partial charge in [-0.15, -0.1) is 11.3 Å². The predicted octanol–water partition coefficient (Wildman–Crippen LogP) is 3.05. The molecule has 2 aromatic rings. The van der Waals surface area contributed by atoms with Crippen molar-refractivity contribution < 1.29 is 0 Å². The Bertz CT molecular complexity index is 505. The van der Waals surface area contributed by atoms with Gasteiger partial charge in [0.15, 0.2) is 0 Å². The van der Waals surface area contributed by atoms with E-state index in [0.29, 0.717) is 11.4 Å². The molecule has 0 aromatic carbocycles. The van der Waals surface area contributed by atoms with Crippen molar-refractivity contribution in [1.82, 2.24) is 9.97 Å². The van der Waals surface area contributed by atoms with Crippen LogP contribution in [0.5, 0.6) is 0 Å². The zero-order chi connectivity index (χ0) is 12.4. The summed E-state index contributed by atoms with van der Waals surface area (Å²) in [5, 5.41) is 1.67. The quantitative estimate of drug-likeness (QED) is 0.930. The first kappa shape index (κ1) is 12.5. The highest BCUT2D eigenvalue weighted by molar-refractivity contribution is 7.11. The normalized spacial score (nSPS) is 12.7. The first-order valence-electron chi connectivity index (χ1n) is 5.36. The van der Waals surface area contributed by atoms with Gasteiger partial charge in [0.1, 0.15) is 0 Å². The molecule has 0 bridgehead atoms. The van der Waals surface area contributed by atoms with Crippen LogP contribution >= 0.6 is 22.9 Å². The van der Waals surface area contributed by atoms with E-state index in [1.165, 1.54) is 4.88 Å². The van der Waals surface area contributed by atoms with Crippen LogP contribution in [0.15, 0.2) is 18.5 Å². The van der Waals surface area contributed by atoms with Crippen LogP contribution < -0.4 is 5.73 Å². The highest BCUT2D eigenvalue weighted by atomic mass is 35.5. The number of hydrogen-bond donors (Lipinski definition) is 1. The van der Waals surface area contributed by atoms with Crippen molar-refractivity contribution >= 4 is 22.9 Å². The maximum absolute atomic E-state index is 6.14. The zero-order valence-corrected chi connectivity index (χ0v) is 11.3. The Kier molecular flexibility index (Phi) is 3.76. The van der Waals surface area contributed by atoms with Crippen LogP contribution in [0.3, 0.4) is 0 Å². The second-order valence-electron chi connectivity index (χ2n) is 3.96. The number of nitrogens with zero attached hydrogens (tertiary/aromatic N) is 2. The Balaban J connectivity index is 2.17. The molecule has 0 amide bonds. The largest absolute Gasteiger partial charge is 0.324 e. The predicted molar refractivity (Wildman–Crippen MR) is 71.5 cm³/mol. The average Bonchev–Trinajstić information content (AvgIpc) is 2.58. The molecule has 2 N–H and O–H groups in total. The Morgan fingerprint density at radius 2 is 2.24 bits per heavy atom. The summed E-state index contributed by atoms with van der Waals surface area (Å²) in [5.74, 6) is 0. The fourth-order valence-corrected chi connectivity index (χ4v) is 2.86. The molecule has 2 heterocycles. The van der Waals surface area contributed by atoms with E-state index >= 15 is 0 Å². The van der Waals surface area contributed by atoms with Gasteiger partial charge in [0.05, 0.1) is 15.7 Å². The number of aryl methyl sites for hydroxylation is 2. The number of nitrogens with two attached hydrogens (primary N) is 1. The van der Waals surface area contributed by atoms with Gasteiger partial charge >= 0.3 is 0 Å². The zero-order valence-electron chi connectivity index (χ0n) is 9.77. The second-order valence-corrected chi connectivity index (χ2v) is 5.65. The lowest BCUT2D eigenvalue weighted by Crippen LogP contribution is -2.13. The van der Waals surface area contributed by atoms with Crippen LogP contribution in [0.1, 0.15) is 27.2 Å². The Labute approximate surface area is 110 Å². The standard InChI is InChI=1S/C12H14ClN3S/c1-7-8(2)17-12(16-7)5-11(14)9-3-4-15-6-10(9)13/h3-4,6,11H,5,14H2,1-2H3. The van der Waals surface area contributed by atoms with Crippen molar-refractivity contribution in [3.63, 3.8) is 0 Å². The van der Waals surface area contributed by atoms with Gasteiger partial charge in [-0.25, -0.2) is 4.98 Å². The summed E-state index contributed by atoms with van der Waals surface area (Å²) in [5.41, 5.74) is 8.15. The lowest BCUT2D eigenvalue weighted by Gasteiger charge is -2.11. The van der Waals surface area contributed by atoms with E-state index in [1.807, 2.05) is 13.0 Å². The maximum Gasteiger partial charge on any atom is 0.0949 e. The molecule has 0 saturated heterocycles. The molecular weight excluding hydrogens is 254 g/mol. The molecule has 2 rings (SSSR count). The molecule has 5 heteroatoms. The summed E-state index contributed by atoms with van der Waals surface area (Å²) < 4.78 is 0. The molecule has 0 saturated carbocycles. The highest BCUT2D eigenvalue weighted by Gasteiger charge is 2.13. The lowest BCUT2D eigenvalue weighted by atomic mass is 10.1. The number of hydrogen-bond acceptors (Lipinski definition) is 4. The highest BCUT2D eigenvalue weighted by Crippen LogP contribution is 2.25. The van der Waals surface area contributed by atoms with E-state index < -0.39 is 0 Å². The molecule has 0 aliphatic heterocycles. The lowest BCUT2D eigenvalue weighted by molar-refractivity contribution is 0.715. The Morgan fingerprint density at radius 1 is 1.47 bits per heavy atom. The third kappa shape index (κ3) is 2.83. The molecule has 90 valence electrons. The molecule has 3 nitrogen and oxygen atoms in total. The summed E-state index contributed by atoms with van der Waals surface area (Å²) in [6.45, 7) is 4.09. The van der Waals surface area contributed by atoms with Crippen molar-refractivity contribution in [3.8, 4) is 0 Å². The van der Waals surface area contributed by atoms with Gasteiger partial charge in [0.2, 0.25) is 0 Å². The van der Waals surface area contributed by atoms with E-state index in [0.717, 1.165) is 16.3 Å². The Morgan fingerprint density at radius 3 is 2.82 bits per heavy atom.